The van der Waals surface area contributed by atoms with E-state index in [-0.39, 0.29) is 50.8 Å². The number of hydrogen-bond donors (Lipinski definition) is 5. The summed E-state index contributed by atoms with van der Waals surface area (Å²) in [5, 5.41) is 0. The third kappa shape index (κ3) is 27.1. The first-order valence-electron chi connectivity index (χ1n) is 45.3. The lowest BCUT2D eigenvalue weighted by atomic mass is 10.0. The molecule has 11 heterocycles. The van der Waals surface area contributed by atoms with Crippen molar-refractivity contribution in [1.29, 1.82) is 0 Å². The van der Waals surface area contributed by atoms with Gasteiger partial charge in [0.05, 0.1) is 87.4 Å². The van der Waals surface area contributed by atoms with Gasteiger partial charge in [-0.05, 0) is 253 Å². The minimum Gasteiger partial charge on any atom is -0.464 e. The number of nitrogens with two attached hydrogens (primary N) is 3. The Morgan fingerprint density at radius 1 is 0.364 bits per heavy atom. The Hall–Kier alpha value is -16.1. The van der Waals surface area contributed by atoms with Gasteiger partial charge in [-0.25, -0.2) is 112 Å². The summed E-state index contributed by atoms with van der Waals surface area (Å²) in [7, 11) is 1.26. The number of nitrogens with one attached hydrogen (secondary N) is 2. The molecular formula is C102H111Br2N25O14. The van der Waals surface area contributed by atoms with Gasteiger partial charge in [0.25, 0.3) is 0 Å². The largest absolute Gasteiger partial charge is 0.464 e. The number of benzene rings is 6. The van der Waals surface area contributed by atoms with E-state index in [0.717, 1.165) is 65.1 Å². The minimum absolute atomic E-state index is 0.00127. The number of methoxy groups -OCH3 is 1. The van der Waals surface area contributed by atoms with E-state index >= 15 is 0 Å². The summed E-state index contributed by atoms with van der Waals surface area (Å²) < 4.78 is 41.6. The lowest BCUT2D eigenvalue weighted by molar-refractivity contribution is 0.0406. The molecule has 6 aromatic carbocycles. The first-order valence-corrected chi connectivity index (χ1v) is 46.9. The second kappa shape index (κ2) is 43.8. The summed E-state index contributed by atoms with van der Waals surface area (Å²) in [6.07, 6.45) is 9.18. The molecule has 41 heteroatoms. The first kappa shape index (κ1) is 104. The van der Waals surface area contributed by atoms with Crippen LogP contribution in [0, 0.1) is 0 Å². The maximum absolute atomic E-state index is 13.8. The minimum atomic E-state index is -1.04. The number of halogens is 2. The van der Waals surface area contributed by atoms with Gasteiger partial charge in [-0.3, -0.25) is 0 Å². The molecule has 39 nitrogen and oxygen atoms in total. The maximum atomic E-state index is 13.8. The van der Waals surface area contributed by atoms with E-state index in [2.05, 4.69) is 160 Å². The van der Waals surface area contributed by atoms with Gasteiger partial charge in [0.15, 0.2) is 69.5 Å². The molecule has 0 bridgehead atoms. The zero-order valence-corrected chi connectivity index (χ0v) is 85.7. The molecule has 0 saturated carbocycles. The molecule has 0 unspecified atom stereocenters. The number of amides is 4. The SMILES string of the molecule is CC(C)(C)OC(=O)N(C(=O)OC(C)(C)C)c1ncc(Br)nc1-c1nc2ccccc2n1C(=O)OC(C)(C)C.CC(C)(C)OC(=O)N(C(=O)OC(C)(C)C)c1ncc(C2=CCN(c3ccccc3)CC2)nc1-c1nc2ccccc2n1C(=O)OC(C)(C)C.COC(=O)c1nccnc1N.Nc1ncc(Br)nc1-c1nc2ccccc2[nH]1.Nc1ncc(C2=CCN(c3ccccc3)CC2)nc1-c1nc2ccccc2[nH]1. The fourth-order valence-corrected chi connectivity index (χ4v) is 14.7. The molecule has 2 aliphatic heterocycles. The molecule has 0 atom stereocenters. The van der Waals surface area contributed by atoms with Crippen LogP contribution in [-0.4, -0.2) is 198 Å². The van der Waals surface area contributed by atoms with Gasteiger partial charge in [0.2, 0.25) is 0 Å². The topological polar surface area (TPSA) is 497 Å². The van der Waals surface area contributed by atoms with Crippen LogP contribution >= 0.6 is 31.9 Å². The highest BCUT2D eigenvalue weighted by atomic mass is 79.9. The number of H-pyrrole nitrogens is 2. The van der Waals surface area contributed by atoms with Gasteiger partial charge < -0.3 is 70.1 Å². The molecule has 143 heavy (non-hydrogen) atoms. The number of aromatic amines is 2. The Morgan fingerprint density at radius 2 is 0.699 bits per heavy atom. The second-order valence-corrected chi connectivity index (χ2v) is 39.9. The van der Waals surface area contributed by atoms with Crippen LogP contribution in [0.4, 0.5) is 69.2 Å². The third-order valence-corrected chi connectivity index (χ3v) is 20.9. The van der Waals surface area contributed by atoms with Crippen LogP contribution in [0.5, 0.6) is 0 Å². The lowest BCUT2D eigenvalue weighted by Gasteiger charge is -2.29. The molecule has 8 N–H and O–H groups in total. The highest BCUT2D eigenvalue weighted by Gasteiger charge is 2.41. The number of imidazole rings is 4. The van der Waals surface area contributed by atoms with Crippen LogP contribution < -0.4 is 36.8 Å². The third-order valence-electron chi connectivity index (χ3n) is 20.1. The smallest absolute Gasteiger partial charge is 0.425 e. The van der Waals surface area contributed by atoms with Crippen LogP contribution in [0.25, 0.3) is 101 Å². The highest BCUT2D eigenvalue weighted by molar-refractivity contribution is 9.10. The van der Waals surface area contributed by atoms with E-state index in [1.165, 1.54) is 52.3 Å². The monoisotopic (exact) mass is 2070 g/mol. The van der Waals surface area contributed by atoms with Crippen LogP contribution in [0.3, 0.4) is 0 Å². The quantitative estimate of drug-likeness (QED) is 0.0593. The number of hydrogen-bond acceptors (Lipinski definition) is 33. The molecule has 0 radical (unpaired) electrons. The van der Waals surface area contributed by atoms with Crippen molar-refractivity contribution >= 4 is 170 Å². The number of ether oxygens (including phenoxy) is 7. The number of anilines is 7. The number of aromatic nitrogens is 18. The molecule has 2 aliphatic rings. The average molecular weight is 2070 g/mol. The van der Waals surface area contributed by atoms with E-state index in [1.54, 1.807) is 186 Å². The summed E-state index contributed by atoms with van der Waals surface area (Å²) in [4.78, 5) is 166. The first-order chi connectivity index (χ1) is 67.5. The van der Waals surface area contributed by atoms with Crippen molar-refractivity contribution in [2.45, 2.75) is 171 Å². The molecule has 0 saturated heterocycles. The summed E-state index contributed by atoms with van der Waals surface area (Å²) in [6, 6.07) is 50.2. The van der Waals surface area contributed by atoms with Crippen molar-refractivity contribution in [3.8, 4) is 46.1 Å². The van der Waals surface area contributed by atoms with Crippen LogP contribution in [0.1, 0.15) is 159 Å². The molecule has 0 spiro atoms. The molecule has 4 amide bonds. The van der Waals surface area contributed by atoms with Crippen LogP contribution in [0.15, 0.2) is 216 Å². The summed E-state index contributed by atoms with van der Waals surface area (Å²) in [5.41, 5.74) is 24.2. The van der Waals surface area contributed by atoms with Gasteiger partial charge >= 0.3 is 42.5 Å². The predicted octanol–water partition coefficient (Wildman–Crippen LogP) is 21.1. The van der Waals surface area contributed by atoms with Crippen molar-refractivity contribution in [3.05, 3.63) is 233 Å². The number of nitrogen functional groups attached to an aromatic ring is 3. The fraction of sp³-hybridized carbons (Fsp3) is 0.304. The van der Waals surface area contributed by atoms with E-state index in [0.29, 0.717) is 89.8 Å². The molecule has 0 aliphatic carbocycles. The van der Waals surface area contributed by atoms with Crippen molar-refractivity contribution in [3.63, 3.8) is 0 Å². The van der Waals surface area contributed by atoms with Gasteiger partial charge in [0, 0.05) is 49.9 Å². The second-order valence-electron chi connectivity index (χ2n) is 38.3. The van der Waals surface area contributed by atoms with E-state index < -0.39 is 76.1 Å². The zero-order valence-electron chi connectivity index (χ0n) is 82.5. The number of carbonyl (C=O) groups is 7. The number of fused-ring (bicyclic) bond motifs is 4. The number of nitrogens with zero attached hydrogens (tertiary/aromatic N) is 20. The van der Waals surface area contributed by atoms with Gasteiger partial charge in [-0.15, -0.1) is 0 Å². The standard InChI is InChI=1S/C37H44N6O6.C26H32BrN5O6.C22H20N6.C11H8BrN5.C6H7N3O2/c1-35(2,3)47-32(44)42-28-18-14-13-17-26(28)40-31(42)29-30(43(33(45)48-36(4,5)6)34(46)49-37(7,8)9)38-23-27(39-29)24-19-21-41(22-20-24)25-15-11-10-12-16-25;1-24(2,3)36-21(33)31-16-13-11-10-12-15(16)29-20(31)18-19(28-14-17(27)30-18)32(22(34)37-25(4,5)6)23(35)38-26(7,8)9;23-21-20(22-26-17-8-4-5-9-18(17)27-22)25-19(14-24-21)15-10-12-28(13-11-15)16-6-2-1-3-7-16;12-8-5-14-10(13)9(17-8)11-15-6-3-1-2-4-7(6)16-11;1-11-6(10)4-5(7)9-3-2-8-4/h10-19,23H,20-22H2,1-9H3;10-14H,1-9H3;1-10,14H,11-13H2,(H2,23,24)(H,26,27);1-5H,(H2,13,14)(H,15,16);2-3H,1H3,(H2,7,9). The van der Waals surface area contributed by atoms with Crippen molar-refractivity contribution in [2.24, 2.45) is 0 Å². The van der Waals surface area contributed by atoms with Gasteiger partial charge in [-0.2, -0.15) is 9.80 Å². The van der Waals surface area contributed by atoms with E-state index in [9.17, 15) is 33.6 Å². The Morgan fingerprint density at radius 3 is 1.08 bits per heavy atom. The number of carbonyl (C=O) groups excluding carboxylic acids is 7. The molecule has 15 aromatic rings. The Bertz CT molecular complexity index is 7150. The number of imide groups is 2. The van der Waals surface area contributed by atoms with Crippen molar-refractivity contribution in [2.75, 3.05) is 70.1 Å². The number of esters is 1. The van der Waals surface area contributed by atoms with Gasteiger partial charge in [-0.1, -0.05) is 97.1 Å². The Labute approximate surface area is 841 Å². The van der Waals surface area contributed by atoms with E-state index in [4.69, 9.17) is 60.6 Å². The van der Waals surface area contributed by atoms with Crippen molar-refractivity contribution < 1.29 is 66.7 Å². The highest BCUT2D eigenvalue weighted by Crippen LogP contribution is 2.39. The molecule has 17 rings (SSSR count). The molecule has 742 valence electrons. The summed E-state index contributed by atoms with van der Waals surface area (Å²) in [5.74, 6) is 1.09. The average Bonchev–Trinajstić information content (AvgIpc) is 1.61. The predicted molar refractivity (Wildman–Crippen MR) is 553 cm³/mol. The zero-order chi connectivity index (χ0) is 103. The number of rotatable bonds is 11. The van der Waals surface area contributed by atoms with E-state index in [1.807, 2.05) is 72.8 Å². The Kier molecular flexibility index (Phi) is 31.9. The van der Waals surface area contributed by atoms with Crippen LogP contribution in [-0.2, 0) is 33.2 Å². The summed E-state index contributed by atoms with van der Waals surface area (Å²) in [6.45, 7) is 33.7. The molecular weight excluding hydrogens is 1960 g/mol. The number of para-hydroxylation sites is 10. The molecule has 0 fully saturated rings. The lowest BCUT2D eigenvalue weighted by Crippen LogP contribution is -2.44. The fourth-order valence-electron chi connectivity index (χ4n) is 14.2. The summed E-state index contributed by atoms with van der Waals surface area (Å²) >= 11 is 6.56. The molecule has 9 aromatic heterocycles. The maximum Gasteiger partial charge on any atom is 0.425 e. The Balaban J connectivity index is 0.000000161. The van der Waals surface area contributed by atoms with Gasteiger partial charge in [0.1, 0.15) is 54.2 Å². The normalized spacial score (nSPS) is 12.8. The van der Waals surface area contributed by atoms with Crippen LogP contribution in [0.2, 0.25) is 0 Å². The van der Waals surface area contributed by atoms with Crippen molar-refractivity contribution in [1.82, 2.24) is 88.9 Å².